The van der Waals surface area contributed by atoms with Crippen molar-refractivity contribution in [2.45, 2.75) is 26.0 Å². The van der Waals surface area contributed by atoms with Gasteiger partial charge in [0.25, 0.3) is 5.91 Å². The molecule has 2 rings (SSSR count). The summed E-state index contributed by atoms with van der Waals surface area (Å²) >= 11 is 1.21. The number of rotatable bonds is 10. The molecule has 0 aliphatic heterocycles. The highest BCUT2D eigenvalue weighted by atomic mass is 32.2. The smallest absolute Gasteiger partial charge is 0.411 e. The first-order chi connectivity index (χ1) is 15.1. The minimum Gasteiger partial charge on any atom is -0.506 e. The average molecular weight is 465 g/mol. The van der Waals surface area contributed by atoms with Gasteiger partial charge in [0.15, 0.2) is 0 Å². The molecule has 0 aliphatic rings. The van der Waals surface area contributed by atoms with E-state index >= 15 is 0 Å². The minimum atomic E-state index is -0.918. The fourth-order valence-electron chi connectivity index (χ4n) is 2.79. The van der Waals surface area contributed by atoms with Crippen molar-refractivity contribution in [3.05, 3.63) is 29.8 Å². The van der Waals surface area contributed by atoms with Crippen LogP contribution in [0.1, 0.15) is 31.1 Å². The van der Waals surface area contributed by atoms with Crippen LogP contribution < -0.4 is 15.4 Å². The van der Waals surface area contributed by atoms with Crippen molar-refractivity contribution in [2.75, 3.05) is 31.3 Å². The third kappa shape index (κ3) is 6.43. The van der Waals surface area contributed by atoms with Crippen LogP contribution in [-0.4, -0.2) is 59.4 Å². The second-order valence-corrected chi connectivity index (χ2v) is 8.84. The van der Waals surface area contributed by atoms with Gasteiger partial charge in [0.1, 0.15) is 11.5 Å². The van der Waals surface area contributed by atoms with Crippen LogP contribution in [0.2, 0.25) is 0 Å². The molecule has 2 amide bonds. The second kappa shape index (κ2) is 11.5. The number of thioether (sulfide) groups is 1. The first-order valence-electron chi connectivity index (χ1n) is 10.1. The van der Waals surface area contributed by atoms with Crippen molar-refractivity contribution in [2.24, 2.45) is 5.92 Å². The lowest BCUT2D eigenvalue weighted by atomic mass is 10.0. The van der Waals surface area contributed by atoms with Gasteiger partial charge in [-0.1, -0.05) is 26.0 Å². The summed E-state index contributed by atoms with van der Waals surface area (Å²) in [6, 6.07) is 6.26. The van der Waals surface area contributed by atoms with Gasteiger partial charge in [-0.25, -0.2) is 4.79 Å². The predicted molar refractivity (Wildman–Crippen MR) is 124 cm³/mol. The summed E-state index contributed by atoms with van der Waals surface area (Å²) in [5, 5.41) is 24.9. The first kappa shape index (κ1) is 25.1. The first-order valence-corrected chi connectivity index (χ1v) is 11.1. The number of amides is 2. The van der Waals surface area contributed by atoms with Gasteiger partial charge in [0.05, 0.1) is 35.1 Å². The monoisotopic (exact) mass is 464 g/mol. The summed E-state index contributed by atoms with van der Waals surface area (Å²) in [7, 11) is 1.44. The lowest BCUT2D eigenvalue weighted by molar-refractivity contribution is -0.136. The van der Waals surface area contributed by atoms with Crippen molar-refractivity contribution in [3.8, 4) is 11.5 Å². The zero-order valence-electron chi connectivity index (χ0n) is 18.4. The number of hydrogen-bond acceptors (Lipinski definition) is 7. The Kier molecular flexibility index (Phi) is 9.01. The minimum absolute atomic E-state index is 0.0149. The SMILES string of the molecule is CNC(=O)c1cc(OCCSC(C)C(=O)O)c2c(NC(=O)OCC(C)C)cccc2c1O. The van der Waals surface area contributed by atoms with Crippen molar-refractivity contribution >= 4 is 46.2 Å². The molecule has 0 saturated carbocycles. The summed E-state index contributed by atoms with van der Waals surface area (Å²) in [5.41, 5.74) is 0.359. The van der Waals surface area contributed by atoms with Gasteiger partial charge in [0.2, 0.25) is 0 Å². The molecule has 2 aromatic carbocycles. The third-order valence-corrected chi connectivity index (χ3v) is 5.51. The van der Waals surface area contributed by atoms with Crippen LogP contribution >= 0.6 is 11.8 Å². The van der Waals surface area contributed by atoms with Crippen LogP contribution in [-0.2, 0) is 9.53 Å². The number of benzene rings is 2. The number of fused-ring (bicyclic) bond motifs is 1. The zero-order chi connectivity index (χ0) is 23.8. The van der Waals surface area contributed by atoms with Crippen LogP contribution in [0.3, 0.4) is 0 Å². The number of hydrogen-bond donors (Lipinski definition) is 4. The molecule has 1 unspecified atom stereocenters. The van der Waals surface area contributed by atoms with Crippen LogP contribution in [0.5, 0.6) is 11.5 Å². The number of aromatic hydroxyl groups is 1. The molecule has 0 spiro atoms. The average Bonchev–Trinajstić information content (AvgIpc) is 2.75. The third-order valence-electron chi connectivity index (χ3n) is 4.41. The van der Waals surface area contributed by atoms with E-state index in [9.17, 15) is 19.5 Å². The fourth-order valence-corrected chi connectivity index (χ4v) is 3.47. The lowest BCUT2D eigenvalue weighted by Crippen LogP contribution is -2.19. The highest BCUT2D eigenvalue weighted by Gasteiger charge is 2.21. The molecule has 174 valence electrons. The topological polar surface area (TPSA) is 134 Å². The number of carbonyl (C=O) groups excluding carboxylic acids is 2. The van der Waals surface area contributed by atoms with Gasteiger partial charge in [-0.05, 0) is 25.0 Å². The van der Waals surface area contributed by atoms with E-state index in [0.29, 0.717) is 22.2 Å². The number of aliphatic carboxylic acids is 1. The van der Waals surface area contributed by atoms with Gasteiger partial charge in [-0.3, -0.25) is 14.9 Å². The van der Waals surface area contributed by atoms with Crippen LogP contribution in [0, 0.1) is 5.92 Å². The Hall–Kier alpha value is -3.14. The fraction of sp³-hybridized carbons (Fsp3) is 0.409. The molecule has 0 heterocycles. The molecule has 1 atom stereocenters. The maximum absolute atomic E-state index is 12.3. The molecule has 0 saturated heterocycles. The Morgan fingerprint density at radius 1 is 1.19 bits per heavy atom. The van der Waals surface area contributed by atoms with Crippen LogP contribution in [0.15, 0.2) is 24.3 Å². The normalized spacial score (nSPS) is 11.8. The van der Waals surface area contributed by atoms with Crippen LogP contribution in [0.25, 0.3) is 10.8 Å². The molecule has 0 radical (unpaired) electrons. The Morgan fingerprint density at radius 3 is 2.53 bits per heavy atom. The maximum Gasteiger partial charge on any atom is 0.411 e. The van der Waals surface area contributed by atoms with E-state index in [0.717, 1.165) is 0 Å². The largest absolute Gasteiger partial charge is 0.506 e. The van der Waals surface area contributed by atoms with E-state index in [2.05, 4.69) is 10.6 Å². The molecule has 32 heavy (non-hydrogen) atoms. The zero-order valence-corrected chi connectivity index (χ0v) is 19.2. The molecular formula is C22H28N2O7S. The Bertz CT molecular complexity index is 994. The van der Waals surface area contributed by atoms with E-state index in [-0.39, 0.29) is 36.2 Å². The number of carbonyl (C=O) groups is 3. The van der Waals surface area contributed by atoms with E-state index in [1.807, 2.05) is 13.8 Å². The quantitative estimate of drug-likeness (QED) is 0.391. The molecule has 4 N–H and O–H groups in total. The molecule has 9 nitrogen and oxygen atoms in total. The van der Waals surface area contributed by atoms with Gasteiger partial charge in [-0.15, -0.1) is 11.8 Å². The molecule has 2 aromatic rings. The van der Waals surface area contributed by atoms with E-state index < -0.39 is 23.2 Å². The maximum atomic E-state index is 12.3. The molecule has 0 aliphatic carbocycles. The van der Waals surface area contributed by atoms with Crippen molar-refractivity contribution in [1.29, 1.82) is 0 Å². The highest BCUT2D eigenvalue weighted by molar-refractivity contribution is 8.00. The molecule has 0 aromatic heterocycles. The van der Waals surface area contributed by atoms with Crippen molar-refractivity contribution in [1.82, 2.24) is 5.32 Å². The van der Waals surface area contributed by atoms with Gasteiger partial charge < -0.3 is 25.0 Å². The van der Waals surface area contributed by atoms with Crippen molar-refractivity contribution < 1.29 is 34.1 Å². The van der Waals surface area contributed by atoms with Gasteiger partial charge >= 0.3 is 12.1 Å². The molecule has 0 bridgehead atoms. The standard InChI is InChI=1S/C22H28N2O7S/c1-12(2)11-31-22(29)24-16-7-5-6-14-18(16)17(10-15(19(14)25)20(26)23-4)30-8-9-32-13(3)21(27)28/h5-7,10,12-13,25H,8-9,11H2,1-4H3,(H,23,26)(H,24,29)(H,27,28). The molecule has 0 fully saturated rings. The summed E-state index contributed by atoms with van der Waals surface area (Å²) < 4.78 is 11.0. The van der Waals surface area contributed by atoms with E-state index in [1.54, 1.807) is 25.1 Å². The number of anilines is 1. The summed E-state index contributed by atoms with van der Waals surface area (Å²) in [4.78, 5) is 35.5. The number of carboxylic acids is 1. The van der Waals surface area contributed by atoms with E-state index in [1.165, 1.54) is 24.9 Å². The Morgan fingerprint density at radius 2 is 1.91 bits per heavy atom. The number of carboxylic acid groups (broad SMARTS) is 1. The summed E-state index contributed by atoms with van der Waals surface area (Å²) in [6.07, 6.45) is -0.655. The number of nitrogens with one attached hydrogen (secondary N) is 2. The van der Waals surface area contributed by atoms with Gasteiger partial charge in [0, 0.05) is 18.2 Å². The summed E-state index contributed by atoms with van der Waals surface area (Å²) in [5.74, 6) is -0.857. The summed E-state index contributed by atoms with van der Waals surface area (Å²) in [6.45, 7) is 5.81. The number of phenolic OH excluding ortho intramolecular Hbond substituents is 1. The van der Waals surface area contributed by atoms with Gasteiger partial charge in [-0.2, -0.15) is 0 Å². The number of phenols is 1. The van der Waals surface area contributed by atoms with Crippen LogP contribution in [0.4, 0.5) is 10.5 Å². The molecule has 10 heteroatoms. The lowest BCUT2D eigenvalue weighted by Gasteiger charge is -2.17. The van der Waals surface area contributed by atoms with E-state index in [4.69, 9.17) is 14.6 Å². The Balaban J connectivity index is 2.41. The second-order valence-electron chi connectivity index (χ2n) is 7.40. The predicted octanol–water partition coefficient (Wildman–Crippen LogP) is 3.69. The van der Waals surface area contributed by atoms with Crippen molar-refractivity contribution in [3.63, 3.8) is 0 Å². The Labute approximate surface area is 190 Å². The molecular weight excluding hydrogens is 436 g/mol. The number of ether oxygens (including phenoxy) is 2. The highest BCUT2D eigenvalue weighted by Crippen LogP contribution is 2.40.